The Bertz CT molecular complexity index is 1400. The fourth-order valence-corrected chi connectivity index (χ4v) is 4.21. The van der Waals surface area contributed by atoms with Crippen molar-refractivity contribution in [3.05, 3.63) is 130 Å². The minimum absolute atomic E-state index is 0.0264. The zero-order valence-electron chi connectivity index (χ0n) is 21.2. The molecule has 0 spiro atoms. The Labute approximate surface area is 217 Å². The highest BCUT2D eigenvalue weighted by Gasteiger charge is 2.16. The van der Waals surface area contributed by atoms with E-state index in [1.54, 1.807) is 18.2 Å². The van der Waals surface area contributed by atoms with E-state index in [1.807, 2.05) is 80.6 Å². The minimum Gasteiger partial charge on any atom is -0.352 e. The van der Waals surface area contributed by atoms with Gasteiger partial charge in [-0.2, -0.15) is 0 Å². The third-order valence-corrected chi connectivity index (χ3v) is 6.36. The van der Waals surface area contributed by atoms with Crippen molar-refractivity contribution in [1.29, 1.82) is 0 Å². The lowest BCUT2D eigenvalue weighted by Crippen LogP contribution is -2.25. The molecule has 4 nitrogen and oxygen atoms in total. The lowest BCUT2D eigenvalue weighted by molar-refractivity contribution is -0.121. The van der Waals surface area contributed by atoms with Crippen LogP contribution in [0.25, 0.3) is 11.1 Å². The van der Waals surface area contributed by atoms with Crippen LogP contribution in [0.1, 0.15) is 44.6 Å². The first-order chi connectivity index (χ1) is 17.9. The first kappa shape index (κ1) is 25.8. The molecule has 0 aliphatic heterocycles. The molecule has 0 fully saturated rings. The van der Waals surface area contributed by atoms with Crippen molar-refractivity contribution < 1.29 is 14.0 Å². The molecule has 0 saturated carbocycles. The normalized spacial score (nSPS) is 10.7. The average Bonchev–Trinajstić information content (AvgIpc) is 2.91. The summed E-state index contributed by atoms with van der Waals surface area (Å²) in [5.74, 6) is -0.647. The molecule has 0 saturated heterocycles. The predicted molar refractivity (Wildman–Crippen MR) is 146 cm³/mol. The highest BCUT2D eigenvalue weighted by molar-refractivity contribution is 6.01. The first-order valence-electron chi connectivity index (χ1n) is 12.4. The van der Waals surface area contributed by atoms with E-state index in [-0.39, 0.29) is 24.2 Å². The Morgan fingerprint density at radius 1 is 0.703 bits per heavy atom. The molecule has 4 rings (SSSR count). The minimum atomic E-state index is -0.336. The van der Waals surface area contributed by atoms with Gasteiger partial charge in [-0.15, -0.1) is 0 Å². The molecule has 0 radical (unpaired) electrons. The number of benzene rings is 4. The second-order valence-electron chi connectivity index (χ2n) is 9.24. The monoisotopic (exact) mass is 494 g/mol. The Hall–Kier alpha value is -4.25. The van der Waals surface area contributed by atoms with E-state index in [0.29, 0.717) is 30.5 Å². The average molecular weight is 495 g/mol. The van der Waals surface area contributed by atoms with Crippen LogP contribution in [0.2, 0.25) is 0 Å². The van der Waals surface area contributed by atoms with E-state index in [4.69, 9.17) is 0 Å². The molecule has 0 unspecified atom stereocenters. The number of rotatable bonds is 9. The van der Waals surface area contributed by atoms with Crippen LogP contribution < -0.4 is 10.6 Å². The van der Waals surface area contributed by atoms with Crippen LogP contribution in [0, 0.1) is 19.7 Å². The van der Waals surface area contributed by atoms with Gasteiger partial charge in [0.1, 0.15) is 5.82 Å². The molecule has 4 aromatic rings. The van der Waals surface area contributed by atoms with Crippen molar-refractivity contribution in [2.75, 3.05) is 0 Å². The van der Waals surface area contributed by atoms with Gasteiger partial charge >= 0.3 is 0 Å². The van der Waals surface area contributed by atoms with Crippen molar-refractivity contribution in [2.45, 2.75) is 39.8 Å². The molecule has 0 bridgehead atoms. The van der Waals surface area contributed by atoms with Gasteiger partial charge < -0.3 is 10.6 Å². The van der Waals surface area contributed by atoms with Crippen LogP contribution >= 0.6 is 0 Å². The van der Waals surface area contributed by atoms with Gasteiger partial charge in [0.25, 0.3) is 5.91 Å². The number of carbonyl (C=O) groups is 2. The molecule has 37 heavy (non-hydrogen) atoms. The van der Waals surface area contributed by atoms with Crippen molar-refractivity contribution in [3.63, 3.8) is 0 Å². The molecule has 0 aliphatic carbocycles. The van der Waals surface area contributed by atoms with Gasteiger partial charge in [0.15, 0.2) is 0 Å². The van der Waals surface area contributed by atoms with E-state index in [0.717, 1.165) is 27.8 Å². The van der Waals surface area contributed by atoms with Crippen molar-refractivity contribution in [3.8, 4) is 11.1 Å². The van der Waals surface area contributed by atoms with Gasteiger partial charge in [-0.3, -0.25) is 9.59 Å². The summed E-state index contributed by atoms with van der Waals surface area (Å²) in [4.78, 5) is 25.6. The van der Waals surface area contributed by atoms with Crippen LogP contribution in [-0.4, -0.2) is 11.8 Å². The number of hydrogen-bond donors (Lipinski definition) is 2. The van der Waals surface area contributed by atoms with Gasteiger partial charge in [0, 0.05) is 30.6 Å². The smallest absolute Gasteiger partial charge is 0.252 e. The quantitative estimate of drug-likeness (QED) is 0.287. The molecule has 188 valence electrons. The zero-order chi connectivity index (χ0) is 26.2. The Kier molecular flexibility index (Phi) is 8.47. The third-order valence-electron chi connectivity index (χ3n) is 6.36. The number of carbonyl (C=O) groups excluding carboxylic acids is 2. The summed E-state index contributed by atoms with van der Waals surface area (Å²) in [6.07, 6.45) is 1.08. The van der Waals surface area contributed by atoms with E-state index < -0.39 is 0 Å². The number of amides is 2. The Balaban J connectivity index is 1.44. The Morgan fingerprint density at radius 2 is 1.35 bits per heavy atom. The van der Waals surface area contributed by atoms with Crippen LogP contribution in [-0.2, 0) is 24.3 Å². The van der Waals surface area contributed by atoms with Crippen LogP contribution in [0.15, 0.2) is 91.0 Å². The molecule has 0 aliphatic rings. The summed E-state index contributed by atoms with van der Waals surface area (Å²) in [5.41, 5.74) is 6.63. The predicted octanol–water partition coefficient (Wildman–Crippen LogP) is 6.29. The molecule has 0 atom stereocenters. The molecule has 2 N–H and O–H groups in total. The maximum absolute atomic E-state index is 14.2. The molecule has 4 aromatic carbocycles. The summed E-state index contributed by atoms with van der Waals surface area (Å²) >= 11 is 0. The number of hydrogen-bond acceptors (Lipinski definition) is 2. The number of halogens is 1. The molecule has 0 heterocycles. The highest BCUT2D eigenvalue weighted by Crippen LogP contribution is 2.27. The SMILES string of the molecule is Cc1ccc(CCC(=O)NCc2ccccc2-c2ccccc2C(=O)NCc2ccc(C)cc2F)cc1. The lowest BCUT2D eigenvalue weighted by Gasteiger charge is -2.15. The summed E-state index contributed by atoms with van der Waals surface area (Å²) < 4.78 is 14.2. The summed E-state index contributed by atoms with van der Waals surface area (Å²) in [6, 6.07) is 28.2. The standard InChI is InChI=1S/C32H31FN2O2/c1-22-11-14-24(15-12-22)16-18-31(36)34-20-25-7-3-4-8-27(25)28-9-5-6-10-29(28)32(37)35-21-26-17-13-23(2)19-30(26)33/h3-15,17,19H,16,18,20-21H2,1-2H3,(H,34,36)(H,35,37). The highest BCUT2D eigenvalue weighted by atomic mass is 19.1. The van der Waals surface area contributed by atoms with E-state index >= 15 is 0 Å². The fraction of sp³-hybridized carbons (Fsp3) is 0.188. The van der Waals surface area contributed by atoms with Crippen molar-refractivity contribution in [2.24, 2.45) is 0 Å². The van der Waals surface area contributed by atoms with E-state index in [1.165, 1.54) is 11.6 Å². The second-order valence-corrected chi connectivity index (χ2v) is 9.24. The third kappa shape index (κ3) is 6.91. The summed E-state index contributed by atoms with van der Waals surface area (Å²) in [5, 5.41) is 5.86. The zero-order valence-corrected chi connectivity index (χ0v) is 21.2. The number of aryl methyl sites for hydroxylation is 3. The second kappa shape index (κ2) is 12.1. The van der Waals surface area contributed by atoms with Gasteiger partial charge in [-0.1, -0.05) is 84.4 Å². The fourth-order valence-electron chi connectivity index (χ4n) is 4.21. The van der Waals surface area contributed by atoms with Crippen LogP contribution in [0.5, 0.6) is 0 Å². The van der Waals surface area contributed by atoms with Crippen LogP contribution in [0.4, 0.5) is 4.39 Å². The van der Waals surface area contributed by atoms with Gasteiger partial charge in [0.05, 0.1) is 0 Å². The summed E-state index contributed by atoms with van der Waals surface area (Å²) in [6.45, 7) is 4.32. The van der Waals surface area contributed by atoms with Gasteiger partial charge in [-0.05, 0) is 60.2 Å². The van der Waals surface area contributed by atoms with E-state index in [2.05, 4.69) is 10.6 Å². The maximum atomic E-state index is 14.2. The topological polar surface area (TPSA) is 58.2 Å². The molecule has 5 heteroatoms. The van der Waals surface area contributed by atoms with Crippen molar-refractivity contribution >= 4 is 11.8 Å². The number of nitrogens with one attached hydrogen (secondary N) is 2. The van der Waals surface area contributed by atoms with Gasteiger partial charge in [-0.25, -0.2) is 4.39 Å². The first-order valence-corrected chi connectivity index (χ1v) is 12.4. The van der Waals surface area contributed by atoms with Crippen LogP contribution in [0.3, 0.4) is 0 Å². The molecular weight excluding hydrogens is 463 g/mol. The molecular formula is C32H31FN2O2. The lowest BCUT2D eigenvalue weighted by atomic mass is 9.94. The largest absolute Gasteiger partial charge is 0.352 e. The molecule has 0 aromatic heterocycles. The maximum Gasteiger partial charge on any atom is 0.252 e. The summed E-state index contributed by atoms with van der Waals surface area (Å²) in [7, 11) is 0. The molecule has 2 amide bonds. The van der Waals surface area contributed by atoms with Gasteiger partial charge in [0.2, 0.25) is 5.91 Å². The van der Waals surface area contributed by atoms with Crippen molar-refractivity contribution in [1.82, 2.24) is 10.6 Å². The Morgan fingerprint density at radius 3 is 2.11 bits per heavy atom. The van der Waals surface area contributed by atoms with E-state index in [9.17, 15) is 14.0 Å².